The number of hydrogen-bond donors (Lipinski definition) is 0. The average Bonchev–Trinajstić information content (AvgIpc) is 3.32. The molecule has 2 fully saturated rings. The van der Waals surface area contributed by atoms with Crippen LogP contribution in [0.2, 0.25) is 0 Å². The Morgan fingerprint density at radius 3 is 2.83 bits per heavy atom. The van der Waals surface area contributed by atoms with Gasteiger partial charge in [-0.25, -0.2) is 14.4 Å². The van der Waals surface area contributed by atoms with Crippen molar-refractivity contribution in [2.24, 2.45) is 0 Å². The molecule has 180 valence electrons. The first kappa shape index (κ1) is 22.9. The highest BCUT2D eigenvalue weighted by molar-refractivity contribution is 5.78. The standard InChI is InChI=1S/C23H24FN9O2/c1-15-18(2-3-20(24)19(15)9-25)21-13-31-5-6-32(12-17(31)4-7-35-21)22(34)8-16-10-26-23(27-11-16)33-14-28-29-30-33/h2-3,10-11,14,17,21H,4-8,12-13H2,1H3. The lowest BCUT2D eigenvalue weighted by atomic mass is 9.97. The Balaban J connectivity index is 1.22. The van der Waals surface area contributed by atoms with Crippen molar-refractivity contribution in [3.05, 3.63) is 58.9 Å². The van der Waals surface area contributed by atoms with Crippen LogP contribution in [0.5, 0.6) is 0 Å². The van der Waals surface area contributed by atoms with Crippen LogP contribution < -0.4 is 0 Å². The molecule has 11 nitrogen and oxygen atoms in total. The molecule has 0 saturated carbocycles. The van der Waals surface area contributed by atoms with Crippen molar-refractivity contribution in [3.63, 3.8) is 0 Å². The number of nitriles is 1. The van der Waals surface area contributed by atoms with E-state index >= 15 is 0 Å². The van der Waals surface area contributed by atoms with Crippen LogP contribution in [0.25, 0.3) is 5.95 Å². The molecule has 2 aliphatic rings. The summed E-state index contributed by atoms with van der Waals surface area (Å²) in [5.41, 5.74) is 2.25. The fraction of sp³-hybridized carbons (Fsp3) is 0.435. The predicted octanol–water partition coefficient (Wildman–Crippen LogP) is 0.988. The number of carbonyl (C=O) groups excluding carboxylic acids is 1. The largest absolute Gasteiger partial charge is 0.372 e. The highest BCUT2D eigenvalue weighted by atomic mass is 19.1. The first-order chi connectivity index (χ1) is 17.0. The fourth-order valence-electron chi connectivity index (χ4n) is 4.71. The number of rotatable bonds is 4. The fourth-order valence-corrected chi connectivity index (χ4v) is 4.71. The van der Waals surface area contributed by atoms with E-state index in [1.54, 1.807) is 25.4 Å². The molecule has 1 amide bonds. The van der Waals surface area contributed by atoms with Crippen molar-refractivity contribution in [1.82, 2.24) is 40.0 Å². The molecule has 5 rings (SSSR count). The number of tetrazole rings is 1. The van der Waals surface area contributed by atoms with Crippen molar-refractivity contribution in [2.45, 2.75) is 31.9 Å². The summed E-state index contributed by atoms with van der Waals surface area (Å²) in [5, 5.41) is 20.2. The molecule has 0 spiro atoms. The van der Waals surface area contributed by atoms with Gasteiger partial charge in [0.2, 0.25) is 5.91 Å². The third-order valence-electron chi connectivity index (χ3n) is 6.64. The lowest BCUT2D eigenvalue weighted by molar-refractivity contribution is -0.133. The third-order valence-corrected chi connectivity index (χ3v) is 6.64. The normalized spacial score (nSPS) is 20.7. The third kappa shape index (κ3) is 4.73. The Morgan fingerprint density at radius 2 is 2.09 bits per heavy atom. The molecule has 4 heterocycles. The summed E-state index contributed by atoms with van der Waals surface area (Å²) >= 11 is 0. The summed E-state index contributed by atoms with van der Waals surface area (Å²) in [7, 11) is 0. The number of benzene rings is 1. The van der Waals surface area contributed by atoms with Crippen molar-refractivity contribution in [3.8, 4) is 12.0 Å². The lowest BCUT2D eigenvalue weighted by Gasteiger charge is -2.41. The Kier molecular flexibility index (Phi) is 6.43. The smallest absolute Gasteiger partial charge is 0.253 e. The van der Waals surface area contributed by atoms with Crippen LogP contribution in [0, 0.1) is 24.1 Å². The van der Waals surface area contributed by atoms with Gasteiger partial charge in [-0.05, 0) is 46.5 Å². The number of carbonyl (C=O) groups is 1. The van der Waals surface area contributed by atoms with Crippen molar-refractivity contribution in [2.75, 3.05) is 32.8 Å². The summed E-state index contributed by atoms with van der Waals surface area (Å²) < 4.78 is 21.5. The van der Waals surface area contributed by atoms with Crippen LogP contribution in [-0.4, -0.2) is 84.7 Å². The minimum absolute atomic E-state index is 0.0261. The second kappa shape index (κ2) is 9.81. The van der Waals surface area contributed by atoms with E-state index in [-0.39, 0.29) is 30.0 Å². The maximum Gasteiger partial charge on any atom is 0.253 e. The summed E-state index contributed by atoms with van der Waals surface area (Å²) in [6.45, 7) is 4.87. The van der Waals surface area contributed by atoms with Crippen LogP contribution in [-0.2, 0) is 16.0 Å². The Morgan fingerprint density at radius 1 is 1.26 bits per heavy atom. The molecule has 0 aliphatic carbocycles. The summed E-state index contributed by atoms with van der Waals surface area (Å²) in [6.07, 6.45) is 5.39. The number of hydrogen-bond acceptors (Lipinski definition) is 9. The predicted molar refractivity (Wildman–Crippen MR) is 120 cm³/mol. The first-order valence-electron chi connectivity index (χ1n) is 11.4. The minimum atomic E-state index is -0.511. The molecule has 2 saturated heterocycles. The number of fused-ring (bicyclic) bond motifs is 1. The molecule has 35 heavy (non-hydrogen) atoms. The van der Waals surface area contributed by atoms with E-state index in [9.17, 15) is 14.4 Å². The van der Waals surface area contributed by atoms with Gasteiger partial charge in [0.05, 0.1) is 18.1 Å². The number of ether oxygens (including phenoxy) is 1. The molecule has 1 aromatic carbocycles. The molecule has 0 N–H and O–H groups in total. The van der Waals surface area contributed by atoms with Gasteiger partial charge in [-0.2, -0.15) is 9.94 Å². The van der Waals surface area contributed by atoms with Crippen LogP contribution in [0.1, 0.15) is 34.8 Å². The van der Waals surface area contributed by atoms with Crippen LogP contribution in [0.3, 0.4) is 0 Å². The zero-order valence-corrected chi connectivity index (χ0v) is 19.2. The highest BCUT2D eigenvalue weighted by Gasteiger charge is 2.34. The van der Waals surface area contributed by atoms with E-state index in [0.717, 1.165) is 24.1 Å². The monoisotopic (exact) mass is 477 g/mol. The summed E-state index contributed by atoms with van der Waals surface area (Å²) in [6, 6.07) is 5.18. The van der Waals surface area contributed by atoms with E-state index in [0.29, 0.717) is 37.8 Å². The van der Waals surface area contributed by atoms with E-state index < -0.39 is 5.82 Å². The SMILES string of the molecule is Cc1c(C2CN3CCN(C(=O)Cc4cnc(-n5cnnn5)nc4)CC3CCO2)ccc(F)c1C#N. The van der Waals surface area contributed by atoms with Crippen molar-refractivity contribution >= 4 is 5.91 Å². The first-order valence-corrected chi connectivity index (χ1v) is 11.4. The number of piperazine rings is 1. The van der Waals surface area contributed by atoms with Gasteiger partial charge in [0.25, 0.3) is 5.95 Å². The zero-order chi connectivity index (χ0) is 24.4. The average molecular weight is 478 g/mol. The molecule has 2 aromatic heterocycles. The summed E-state index contributed by atoms with van der Waals surface area (Å²) in [5.74, 6) is -0.146. The van der Waals surface area contributed by atoms with Gasteiger partial charge in [0.1, 0.15) is 18.2 Å². The van der Waals surface area contributed by atoms with Crippen LogP contribution in [0.15, 0.2) is 30.9 Å². The van der Waals surface area contributed by atoms with Gasteiger partial charge < -0.3 is 9.64 Å². The maximum atomic E-state index is 14.0. The van der Waals surface area contributed by atoms with Crippen molar-refractivity contribution < 1.29 is 13.9 Å². The molecule has 3 aromatic rings. The Hall–Kier alpha value is -3.82. The van der Waals surface area contributed by atoms with Crippen molar-refractivity contribution in [1.29, 1.82) is 5.26 Å². The van der Waals surface area contributed by atoms with E-state index in [1.807, 2.05) is 11.0 Å². The molecular weight excluding hydrogens is 453 g/mol. The Bertz CT molecular complexity index is 1240. The van der Waals surface area contributed by atoms with E-state index in [1.165, 1.54) is 17.1 Å². The molecule has 2 aliphatic heterocycles. The van der Waals surface area contributed by atoms with E-state index in [2.05, 4.69) is 30.4 Å². The van der Waals surface area contributed by atoms with Gasteiger partial charge >= 0.3 is 0 Å². The Labute approximate surface area is 201 Å². The van der Waals surface area contributed by atoms with Gasteiger partial charge in [0.15, 0.2) is 0 Å². The quantitative estimate of drug-likeness (QED) is 0.541. The summed E-state index contributed by atoms with van der Waals surface area (Å²) in [4.78, 5) is 25.7. The topological polar surface area (TPSA) is 126 Å². The van der Waals surface area contributed by atoms with Crippen LogP contribution in [0.4, 0.5) is 4.39 Å². The van der Waals surface area contributed by atoms with Gasteiger partial charge in [0, 0.05) is 51.2 Å². The molecule has 12 heteroatoms. The highest BCUT2D eigenvalue weighted by Crippen LogP contribution is 2.30. The molecule has 0 radical (unpaired) electrons. The minimum Gasteiger partial charge on any atom is -0.372 e. The number of amides is 1. The number of nitrogens with zero attached hydrogens (tertiary/aromatic N) is 9. The second-order valence-electron chi connectivity index (χ2n) is 8.71. The molecule has 2 unspecified atom stereocenters. The number of aromatic nitrogens is 6. The van der Waals surface area contributed by atoms with Gasteiger partial charge in [-0.1, -0.05) is 6.07 Å². The van der Waals surface area contributed by atoms with Gasteiger partial charge in [-0.3, -0.25) is 9.69 Å². The number of halogens is 1. The second-order valence-corrected chi connectivity index (χ2v) is 8.71. The molecule has 0 bridgehead atoms. The van der Waals surface area contributed by atoms with Gasteiger partial charge in [-0.15, -0.1) is 5.10 Å². The van der Waals surface area contributed by atoms with Crippen LogP contribution >= 0.6 is 0 Å². The van der Waals surface area contributed by atoms with E-state index in [4.69, 9.17) is 4.74 Å². The zero-order valence-electron chi connectivity index (χ0n) is 19.2. The lowest BCUT2D eigenvalue weighted by Crippen LogP contribution is -2.55. The maximum absolute atomic E-state index is 14.0. The molecular formula is C23H24FN9O2. The molecule has 2 atom stereocenters.